The number of hydrogen-bond donors (Lipinski definition) is 2. The first kappa shape index (κ1) is 13.2. The Morgan fingerprint density at radius 1 is 1.25 bits per heavy atom. The van der Waals surface area contributed by atoms with Crippen molar-refractivity contribution in [3.8, 4) is 10.6 Å². The van der Waals surface area contributed by atoms with Crippen molar-refractivity contribution in [1.82, 2.24) is 15.5 Å². The molecule has 2 N–H and O–H groups in total. The number of piperidine rings is 1. The van der Waals surface area contributed by atoms with Crippen molar-refractivity contribution in [2.45, 2.75) is 25.3 Å². The van der Waals surface area contributed by atoms with Gasteiger partial charge in [-0.2, -0.15) is 0 Å². The lowest BCUT2D eigenvalue weighted by molar-refractivity contribution is -0.118. The lowest BCUT2D eigenvalue weighted by atomic mass is 10.0. The molecule has 1 aromatic carbocycles. The van der Waals surface area contributed by atoms with Gasteiger partial charge in [0.05, 0.1) is 6.04 Å². The lowest BCUT2D eigenvalue weighted by Crippen LogP contribution is -2.43. The molecule has 0 aliphatic carbocycles. The number of nitrogens with zero attached hydrogens (tertiary/aromatic N) is 2. The minimum atomic E-state index is -0.104. The number of nitrogens with one attached hydrogen (secondary N) is 2. The molecule has 1 aliphatic rings. The largest absolute Gasteiger partial charge is 0.306 e. The lowest BCUT2D eigenvalue weighted by Gasteiger charge is -2.21. The van der Waals surface area contributed by atoms with Crippen LogP contribution in [0.5, 0.6) is 0 Å². The Morgan fingerprint density at radius 3 is 2.85 bits per heavy atom. The fourth-order valence-electron chi connectivity index (χ4n) is 2.24. The molecule has 1 saturated heterocycles. The third kappa shape index (κ3) is 3.02. The number of hydrogen-bond acceptors (Lipinski definition) is 5. The minimum Gasteiger partial charge on any atom is -0.306 e. The van der Waals surface area contributed by atoms with E-state index in [0.717, 1.165) is 36.4 Å². The number of amides is 1. The Morgan fingerprint density at radius 2 is 2.10 bits per heavy atom. The molecule has 3 rings (SSSR count). The number of anilines is 1. The Balaban J connectivity index is 1.66. The summed E-state index contributed by atoms with van der Waals surface area (Å²) in [5.41, 5.74) is 1.02. The highest BCUT2D eigenvalue weighted by Gasteiger charge is 2.21. The summed E-state index contributed by atoms with van der Waals surface area (Å²) in [4.78, 5) is 12.1. The van der Waals surface area contributed by atoms with Gasteiger partial charge in [-0.25, -0.2) is 0 Å². The minimum absolute atomic E-state index is 0.0135. The first-order valence-corrected chi connectivity index (χ1v) is 7.58. The van der Waals surface area contributed by atoms with Gasteiger partial charge in [-0.05, 0) is 19.4 Å². The van der Waals surface area contributed by atoms with E-state index in [1.54, 1.807) is 0 Å². The number of carbonyl (C=O) groups is 1. The molecule has 104 valence electrons. The van der Waals surface area contributed by atoms with Crippen molar-refractivity contribution in [3.63, 3.8) is 0 Å². The quantitative estimate of drug-likeness (QED) is 0.909. The number of rotatable bonds is 3. The van der Waals surface area contributed by atoms with Crippen molar-refractivity contribution < 1.29 is 4.79 Å². The topological polar surface area (TPSA) is 66.9 Å². The Hall–Kier alpha value is -1.79. The molecular formula is C14H16N4OS. The predicted octanol–water partition coefficient (Wildman–Crippen LogP) is 2.29. The van der Waals surface area contributed by atoms with E-state index in [1.807, 2.05) is 30.3 Å². The highest BCUT2D eigenvalue weighted by molar-refractivity contribution is 7.18. The maximum Gasteiger partial charge on any atom is 0.243 e. The van der Waals surface area contributed by atoms with Gasteiger partial charge in [0.25, 0.3) is 0 Å². The molecule has 0 spiro atoms. The van der Waals surface area contributed by atoms with E-state index in [-0.39, 0.29) is 11.9 Å². The van der Waals surface area contributed by atoms with E-state index >= 15 is 0 Å². The third-order valence-corrected chi connectivity index (χ3v) is 4.19. The van der Waals surface area contributed by atoms with E-state index in [9.17, 15) is 4.79 Å². The molecule has 5 nitrogen and oxygen atoms in total. The van der Waals surface area contributed by atoms with E-state index in [0.29, 0.717) is 5.13 Å². The smallest absolute Gasteiger partial charge is 0.243 e. The first-order chi connectivity index (χ1) is 9.83. The normalized spacial score (nSPS) is 18.7. The summed E-state index contributed by atoms with van der Waals surface area (Å²) >= 11 is 1.40. The van der Waals surface area contributed by atoms with Crippen molar-refractivity contribution in [2.75, 3.05) is 11.9 Å². The molecule has 1 aromatic heterocycles. The van der Waals surface area contributed by atoms with Gasteiger partial charge in [0.15, 0.2) is 0 Å². The number of benzene rings is 1. The van der Waals surface area contributed by atoms with Crippen LogP contribution in [0.4, 0.5) is 5.13 Å². The second-order valence-corrected chi connectivity index (χ2v) is 5.75. The predicted molar refractivity (Wildman–Crippen MR) is 79.6 cm³/mol. The Labute approximate surface area is 121 Å². The molecule has 2 aromatic rings. The zero-order valence-electron chi connectivity index (χ0n) is 11.0. The van der Waals surface area contributed by atoms with Crippen LogP contribution in [0.15, 0.2) is 30.3 Å². The molecule has 1 fully saturated rings. The van der Waals surface area contributed by atoms with Gasteiger partial charge in [-0.3, -0.25) is 10.1 Å². The van der Waals surface area contributed by atoms with Crippen LogP contribution in [0.3, 0.4) is 0 Å². The standard InChI is InChI=1S/C14H16N4OS/c19-12(11-8-4-5-9-15-11)16-14-18-17-13(20-14)10-6-2-1-3-7-10/h1-3,6-7,11,15H,4-5,8-9H2,(H,16,18,19). The number of aromatic nitrogens is 2. The zero-order chi connectivity index (χ0) is 13.8. The average molecular weight is 288 g/mol. The molecule has 20 heavy (non-hydrogen) atoms. The van der Waals surface area contributed by atoms with E-state index in [1.165, 1.54) is 11.3 Å². The molecule has 2 heterocycles. The van der Waals surface area contributed by atoms with Crippen molar-refractivity contribution >= 4 is 22.4 Å². The summed E-state index contributed by atoms with van der Waals surface area (Å²) in [5, 5.41) is 15.6. The molecule has 1 unspecified atom stereocenters. The maximum atomic E-state index is 12.1. The Bertz CT molecular complexity index is 578. The maximum absolute atomic E-state index is 12.1. The van der Waals surface area contributed by atoms with Crippen molar-refractivity contribution in [1.29, 1.82) is 0 Å². The number of carbonyl (C=O) groups excluding carboxylic acids is 1. The third-order valence-electron chi connectivity index (χ3n) is 3.30. The van der Waals surface area contributed by atoms with Crippen LogP contribution in [0.25, 0.3) is 10.6 Å². The van der Waals surface area contributed by atoms with Crippen LogP contribution in [-0.2, 0) is 4.79 Å². The summed E-state index contributed by atoms with van der Waals surface area (Å²) in [6.45, 7) is 0.906. The highest BCUT2D eigenvalue weighted by atomic mass is 32.1. The van der Waals surface area contributed by atoms with Crippen LogP contribution >= 0.6 is 11.3 Å². The molecule has 1 amide bonds. The summed E-state index contributed by atoms with van der Waals surface area (Å²) in [7, 11) is 0. The average Bonchev–Trinajstić information content (AvgIpc) is 2.97. The van der Waals surface area contributed by atoms with Crippen molar-refractivity contribution in [2.24, 2.45) is 0 Å². The molecule has 1 aliphatic heterocycles. The fourth-order valence-corrected chi connectivity index (χ4v) is 2.99. The van der Waals surface area contributed by atoms with Gasteiger partial charge in [0, 0.05) is 5.56 Å². The Kier molecular flexibility index (Phi) is 4.03. The summed E-state index contributed by atoms with van der Waals surface area (Å²) in [6.07, 6.45) is 3.12. The fraction of sp³-hybridized carbons (Fsp3) is 0.357. The van der Waals surface area contributed by atoms with Gasteiger partial charge in [-0.1, -0.05) is 48.1 Å². The van der Waals surface area contributed by atoms with Gasteiger partial charge >= 0.3 is 0 Å². The van der Waals surface area contributed by atoms with Crippen LogP contribution in [0.2, 0.25) is 0 Å². The van der Waals surface area contributed by atoms with Crippen LogP contribution in [0, 0.1) is 0 Å². The summed E-state index contributed by atoms with van der Waals surface area (Å²) in [5.74, 6) is -0.0135. The van der Waals surface area contributed by atoms with Gasteiger partial charge in [-0.15, -0.1) is 10.2 Å². The van der Waals surface area contributed by atoms with Crippen LogP contribution in [-0.4, -0.2) is 28.7 Å². The highest BCUT2D eigenvalue weighted by Crippen LogP contribution is 2.26. The second-order valence-electron chi connectivity index (χ2n) is 4.77. The van der Waals surface area contributed by atoms with E-state index in [4.69, 9.17) is 0 Å². The monoisotopic (exact) mass is 288 g/mol. The molecule has 0 saturated carbocycles. The van der Waals surface area contributed by atoms with Crippen LogP contribution < -0.4 is 10.6 Å². The second kappa shape index (κ2) is 6.11. The summed E-state index contributed by atoms with van der Waals surface area (Å²) in [6, 6.07) is 9.74. The van der Waals surface area contributed by atoms with Crippen LogP contribution in [0.1, 0.15) is 19.3 Å². The van der Waals surface area contributed by atoms with Gasteiger partial charge in [0.2, 0.25) is 11.0 Å². The molecular weight excluding hydrogens is 272 g/mol. The molecule has 1 atom stereocenters. The van der Waals surface area contributed by atoms with E-state index in [2.05, 4.69) is 20.8 Å². The molecule has 0 bridgehead atoms. The summed E-state index contributed by atoms with van der Waals surface area (Å²) < 4.78 is 0. The van der Waals surface area contributed by atoms with Crippen molar-refractivity contribution in [3.05, 3.63) is 30.3 Å². The zero-order valence-corrected chi connectivity index (χ0v) is 11.8. The van der Waals surface area contributed by atoms with Gasteiger partial charge in [0.1, 0.15) is 5.01 Å². The van der Waals surface area contributed by atoms with E-state index < -0.39 is 0 Å². The molecule has 0 radical (unpaired) electrons. The van der Waals surface area contributed by atoms with Gasteiger partial charge < -0.3 is 5.32 Å². The first-order valence-electron chi connectivity index (χ1n) is 6.76. The SMILES string of the molecule is O=C(Nc1nnc(-c2ccccc2)s1)C1CCCCN1. The molecule has 6 heteroatoms.